The van der Waals surface area contributed by atoms with E-state index in [-0.39, 0.29) is 0 Å². The molecule has 0 fully saturated rings. The molecular formula is C13H18O. The van der Waals surface area contributed by atoms with Gasteiger partial charge in [-0.3, -0.25) is 4.79 Å². The van der Waals surface area contributed by atoms with E-state index >= 15 is 0 Å². The molecular weight excluding hydrogens is 172 g/mol. The van der Waals surface area contributed by atoms with Gasteiger partial charge in [0.25, 0.3) is 0 Å². The van der Waals surface area contributed by atoms with E-state index in [1.807, 2.05) is 18.2 Å². The minimum atomic E-state index is 0.358. The molecule has 0 aromatic heterocycles. The van der Waals surface area contributed by atoms with E-state index in [0.29, 0.717) is 5.41 Å². The van der Waals surface area contributed by atoms with Crippen LogP contribution >= 0.6 is 0 Å². The molecule has 0 bridgehead atoms. The summed E-state index contributed by atoms with van der Waals surface area (Å²) in [5.74, 6) is 0. The summed E-state index contributed by atoms with van der Waals surface area (Å²) >= 11 is 0. The van der Waals surface area contributed by atoms with Gasteiger partial charge in [-0.15, -0.1) is 0 Å². The largest absolute Gasteiger partial charge is 0.298 e. The maximum atomic E-state index is 10.6. The Kier molecular flexibility index (Phi) is 3.45. The lowest BCUT2D eigenvalue weighted by molar-refractivity contribution is 0.112. The monoisotopic (exact) mass is 190 g/mol. The van der Waals surface area contributed by atoms with Crippen molar-refractivity contribution in [2.45, 2.75) is 33.6 Å². The third-order valence-electron chi connectivity index (χ3n) is 2.25. The summed E-state index contributed by atoms with van der Waals surface area (Å²) in [6, 6.07) is 7.84. The van der Waals surface area contributed by atoms with Crippen LogP contribution in [0.2, 0.25) is 0 Å². The first-order valence-electron chi connectivity index (χ1n) is 5.05. The van der Waals surface area contributed by atoms with Crippen molar-refractivity contribution in [2.24, 2.45) is 5.41 Å². The molecule has 1 nitrogen and oxygen atoms in total. The summed E-state index contributed by atoms with van der Waals surface area (Å²) in [7, 11) is 0. The Morgan fingerprint density at radius 2 is 2.00 bits per heavy atom. The van der Waals surface area contributed by atoms with Crippen LogP contribution in [-0.4, -0.2) is 6.29 Å². The zero-order chi connectivity index (χ0) is 10.6. The molecule has 0 saturated heterocycles. The van der Waals surface area contributed by atoms with Crippen LogP contribution in [0.25, 0.3) is 0 Å². The molecule has 76 valence electrons. The smallest absolute Gasteiger partial charge is 0.150 e. The van der Waals surface area contributed by atoms with Crippen LogP contribution in [-0.2, 0) is 6.42 Å². The number of hydrogen-bond acceptors (Lipinski definition) is 1. The van der Waals surface area contributed by atoms with Crippen molar-refractivity contribution in [3.63, 3.8) is 0 Å². The molecule has 0 unspecified atom stereocenters. The van der Waals surface area contributed by atoms with Crippen LogP contribution in [0.1, 0.15) is 43.1 Å². The molecule has 0 radical (unpaired) electrons. The van der Waals surface area contributed by atoms with Gasteiger partial charge in [0.05, 0.1) is 0 Å². The first-order chi connectivity index (χ1) is 6.51. The Morgan fingerprint density at radius 3 is 2.57 bits per heavy atom. The van der Waals surface area contributed by atoms with Crippen LogP contribution in [0.4, 0.5) is 0 Å². The molecule has 1 heteroatoms. The van der Waals surface area contributed by atoms with Gasteiger partial charge in [0.15, 0.2) is 0 Å². The number of benzene rings is 1. The summed E-state index contributed by atoms with van der Waals surface area (Å²) in [4.78, 5) is 10.6. The molecule has 0 spiro atoms. The van der Waals surface area contributed by atoms with E-state index in [1.54, 1.807) is 0 Å². The standard InChI is InChI=1S/C13H18O/c1-13(2,3)8-7-11-5-4-6-12(9-11)10-14/h4-6,9-10H,7-8H2,1-3H3. The van der Waals surface area contributed by atoms with Gasteiger partial charge in [-0.05, 0) is 29.9 Å². The second-order valence-electron chi connectivity index (χ2n) is 4.92. The Labute approximate surface area is 86.1 Å². The molecule has 0 aliphatic rings. The fourth-order valence-electron chi connectivity index (χ4n) is 1.34. The van der Waals surface area contributed by atoms with Crippen molar-refractivity contribution < 1.29 is 4.79 Å². The topological polar surface area (TPSA) is 17.1 Å². The SMILES string of the molecule is CC(C)(C)CCc1cccc(C=O)c1. The van der Waals surface area contributed by atoms with Crippen LogP contribution in [0.3, 0.4) is 0 Å². The maximum Gasteiger partial charge on any atom is 0.150 e. The molecule has 0 aliphatic carbocycles. The third kappa shape index (κ3) is 3.73. The second kappa shape index (κ2) is 4.41. The number of carbonyl (C=O) groups is 1. The normalized spacial score (nSPS) is 11.4. The van der Waals surface area contributed by atoms with E-state index in [4.69, 9.17) is 0 Å². The summed E-state index contributed by atoms with van der Waals surface area (Å²) in [6.07, 6.45) is 3.10. The molecule has 0 atom stereocenters. The van der Waals surface area contributed by atoms with Crippen molar-refractivity contribution in [3.05, 3.63) is 35.4 Å². The first kappa shape index (κ1) is 11.0. The van der Waals surface area contributed by atoms with Gasteiger partial charge in [0.1, 0.15) is 6.29 Å². The highest BCUT2D eigenvalue weighted by molar-refractivity contribution is 5.74. The van der Waals surface area contributed by atoms with Gasteiger partial charge >= 0.3 is 0 Å². The van der Waals surface area contributed by atoms with E-state index in [0.717, 1.165) is 24.7 Å². The number of hydrogen-bond donors (Lipinski definition) is 0. The molecule has 0 N–H and O–H groups in total. The lowest BCUT2D eigenvalue weighted by atomic mass is 9.88. The van der Waals surface area contributed by atoms with Gasteiger partial charge in [-0.1, -0.05) is 39.0 Å². The Hall–Kier alpha value is -1.11. The number of aldehydes is 1. The van der Waals surface area contributed by atoms with Gasteiger partial charge in [-0.25, -0.2) is 0 Å². The second-order valence-corrected chi connectivity index (χ2v) is 4.92. The van der Waals surface area contributed by atoms with Crippen molar-refractivity contribution in [3.8, 4) is 0 Å². The highest BCUT2D eigenvalue weighted by atomic mass is 16.1. The first-order valence-corrected chi connectivity index (χ1v) is 5.05. The lowest BCUT2D eigenvalue weighted by Crippen LogP contribution is -2.06. The van der Waals surface area contributed by atoms with Crippen molar-refractivity contribution in [1.82, 2.24) is 0 Å². The van der Waals surface area contributed by atoms with Crippen molar-refractivity contribution >= 4 is 6.29 Å². The quantitative estimate of drug-likeness (QED) is 0.667. The summed E-state index contributed by atoms with van der Waals surface area (Å²) in [6.45, 7) is 6.70. The average molecular weight is 190 g/mol. The van der Waals surface area contributed by atoms with Gasteiger partial charge in [-0.2, -0.15) is 0 Å². The average Bonchev–Trinajstić information content (AvgIpc) is 2.14. The Morgan fingerprint density at radius 1 is 1.29 bits per heavy atom. The van der Waals surface area contributed by atoms with Crippen LogP contribution in [0, 0.1) is 5.41 Å². The van der Waals surface area contributed by atoms with Crippen molar-refractivity contribution in [1.29, 1.82) is 0 Å². The molecule has 14 heavy (non-hydrogen) atoms. The Bertz CT molecular complexity index is 307. The van der Waals surface area contributed by atoms with Gasteiger partial charge < -0.3 is 0 Å². The number of rotatable bonds is 3. The molecule has 0 aliphatic heterocycles. The minimum absolute atomic E-state index is 0.358. The summed E-state index contributed by atoms with van der Waals surface area (Å²) < 4.78 is 0. The highest BCUT2D eigenvalue weighted by Gasteiger charge is 2.09. The predicted molar refractivity (Wildman–Crippen MR) is 59.6 cm³/mol. The maximum absolute atomic E-state index is 10.6. The molecule has 1 rings (SSSR count). The van der Waals surface area contributed by atoms with Crippen LogP contribution in [0.15, 0.2) is 24.3 Å². The lowest BCUT2D eigenvalue weighted by Gasteiger charge is -2.17. The van der Waals surface area contributed by atoms with E-state index in [1.165, 1.54) is 5.56 Å². The number of carbonyl (C=O) groups excluding carboxylic acids is 1. The zero-order valence-electron chi connectivity index (χ0n) is 9.21. The van der Waals surface area contributed by atoms with E-state index in [9.17, 15) is 4.79 Å². The Balaban J connectivity index is 2.63. The third-order valence-corrected chi connectivity index (χ3v) is 2.25. The molecule has 0 saturated carbocycles. The van der Waals surface area contributed by atoms with Crippen LogP contribution in [0.5, 0.6) is 0 Å². The summed E-state index contributed by atoms with van der Waals surface area (Å²) in [5, 5.41) is 0. The molecule has 0 heterocycles. The molecule has 1 aromatic carbocycles. The van der Waals surface area contributed by atoms with E-state index < -0.39 is 0 Å². The van der Waals surface area contributed by atoms with Gasteiger partial charge in [0.2, 0.25) is 0 Å². The van der Waals surface area contributed by atoms with E-state index in [2.05, 4.69) is 26.8 Å². The van der Waals surface area contributed by atoms with Crippen LogP contribution < -0.4 is 0 Å². The highest BCUT2D eigenvalue weighted by Crippen LogP contribution is 2.21. The predicted octanol–water partition coefficient (Wildman–Crippen LogP) is 3.48. The number of aryl methyl sites for hydroxylation is 1. The van der Waals surface area contributed by atoms with Crippen molar-refractivity contribution in [2.75, 3.05) is 0 Å². The minimum Gasteiger partial charge on any atom is -0.298 e. The molecule has 1 aromatic rings. The fourth-order valence-corrected chi connectivity index (χ4v) is 1.34. The fraction of sp³-hybridized carbons (Fsp3) is 0.462. The molecule has 0 amide bonds. The zero-order valence-corrected chi connectivity index (χ0v) is 9.21. The summed E-state index contributed by atoms with van der Waals surface area (Å²) in [5.41, 5.74) is 2.39. The van der Waals surface area contributed by atoms with Gasteiger partial charge in [0, 0.05) is 5.56 Å².